The largest absolute Gasteiger partial charge is 0.455 e. The maximum atomic E-state index is 6.35. The van der Waals surface area contributed by atoms with Gasteiger partial charge in [0.25, 0.3) is 0 Å². The minimum absolute atomic E-state index is 0.917. The predicted octanol–water partition coefficient (Wildman–Crippen LogP) is 13.1. The molecular weight excluding hydrogens is 621 g/mol. The normalized spacial score (nSPS) is 11.9. The van der Waals surface area contributed by atoms with Gasteiger partial charge in [0.05, 0.1) is 22.1 Å². The number of aromatic nitrogens is 2. The Kier molecular flexibility index (Phi) is 5.96. The molecule has 0 bridgehead atoms. The molecule has 0 fully saturated rings. The molecule has 0 N–H and O–H groups in total. The van der Waals surface area contributed by atoms with Gasteiger partial charge in [0.2, 0.25) is 0 Å². The SMILES string of the molecule is c1cc(-c2ccc(-c3cccc4c3oc3ccccc34)cc2)cc(-n2c3ccccc3c3ccc(-n4c5ccccc5c5ccccc54)cc32)c1. The molecule has 0 radical (unpaired) electrons. The Morgan fingerprint density at radius 2 is 0.843 bits per heavy atom. The number of para-hydroxylation sites is 5. The molecule has 0 amide bonds. The van der Waals surface area contributed by atoms with Crippen molar-refractivity contribution in [1.29, 1.82) is 0 Å². The van der Waals surface area contributed by atoms with Crippen molar-refractivity contribution in [3.63, 3.8) is 0 Å². The molecule has 238 valence electrons. The number of benzene rings is 8. The Hall–Kier alpha value is -6.84. The van der Waals surface area contributed by atoms with E-state index in [9.17, 15) is 0 Å². The Labute approximate surface area is 293 Å². The summed E-state index contributed by atoms with van der Waals surface area (Å²) >= 11 is 0. The molecular formula is C48H30N2O. The quantitative estimate of drug-likeness (QED) is 0.186. The fourth-order valence-electron chi connectivity index (χ4n) is 8.22. The first-order valence-corrected chi connectivity index (χ1v) is 17.4. The number of fused-ring (bicyclic) bond motifs is 9. The molecule has 0 saturated heterocycles. The first kappa shape index (κ1) is 28.0. The van der Waals surface area contributed by atoms with E-state index >= 15 is 0 Å². The van der Waals surface area contributed by atoms with Gasteiger partial charge >= 0.3 is 0 Å². The first-order chi connectivity index (χ1) is 25.3. The van der Waals surface area contributed by atoms with Crippen LogP contribution in [-0.4, -0.2) is 9.13 Å². The summed E-state index contributed by atoms with van der Waals surface area (Å²) in [6.45, 7) is 0. The van der Waals surface area contributed by atoms with Crippen LogP contribution in [0.15, 0.2) is 186 Å². The summed E-state index contributed by atoms with van der Waals surface area (Å²) < 4.78 is 11.2. The highest BCUT2D eigenvalue weighted by Gasteiger charge is 2.17. The molecule has 0 aliphatic rings. The van der Waals surface area contributed by atoms with E-state index in [1.165, 1.54) is 54.7 Å². The Morgan fingerprint density at radius 1 is 0.314 bits per heavy atom. The highest BCUT2D eigenvalue weighted by Crippen LogP contribution is 2.39. The van der Waals surface area contributed by atoms with Crippen molar-refractivity contribution in [3.8, 4) is 33.6 Å². The van der Waals surface area contributed by atoms with Crippen LogP contribution in [0.25, 0.3) is 99.2 Å². The minimum Gasteiger partial charge on any atom is -0.455 e. The van der Waals surface area contributed by atoms with Gasteiger partial charge in [-0.1, -0.05) is 133 Å². The zero-order valence-electron chi connectivity index (χ0n) is 27.6. The second-order valence-corrected chi connectivity index (χ2v) is 13.3. The van der Waals surface area contributed by atoms with E-state index in [0.29, 0.717) is 0 Å². The number of hydrogen-bond donors (Lipinski definition) is 0. The van der Waals surface area contributed by atoms with Gasteiger partial charge in [-0.05, 0) is 65.2 Å². The highest BCUT2D eigenvalue weighted by atomic mass is 16.3. The number of furan rings is 1. The Morgan fingerprint density at radius 3 is 1.55 bits per heavy atom. The van der Waals surface area contributed by atoms with Gasteiger partial charge in [0, 0.05) is 49.3 Å². The van der Waals surface area contributed by atoms with Crippen molar-refractivity contribution in [1.82, 2.24) is 9.13 Å². The Balaban J connectivity index is 1.05. The van der Waals surface area contributed by atoms with E-state index in [2.05, 4.69) is 179 Å². The van der Waals surface area contributed by atoms with Crippen LogP contribution in [-0.2, 0) is 0 Å². The van der Waals surface area contributed by atoms with Crippen LogP contribution in [0.2, 0.25) is 0 Å². The van der Waals surface area contributed by atoms with Gasteiger partial charge in [-0.3, -0.25) is 0 Å². The molecule has 0 aliphatic carbocycles. The summed E-state index contributed by atoms with van der Waals surface area (Å²) in [4.78, 5) is 0. The van der Waals surface area contributed by atoms with Gasteiger partial charge in [-0.25, -0.2) is 0 Å². The van der Waals surface area contributed by atoms with Crippen LogP contribution in [0.3, 0.4) is 0 Å². The molecule has 0 saturated carbocycles. The Bertz CT molecular complexity index is 3080. The van der Waals surface area contributed by atoms with Crippen LogP contribution < -0.4 is 0 Å². The molecule has 3 nitrogen and oxygen atoms in total. The average Bonchev–Trinajstić information content (AvgIpc) is 3.86. The third-order valence-corrected chi connectivity index (χ3v) is 10.5. The summed E-state index contributed by atoms with van der Waals surface area (Å²) in [5, 5.41) is 7.31. The fourth-order valence-corrected chi connectivity index (χ4v) is 8.22. The molecule has 11 aromatic rings. The van der Waals surface area contributed by atoms with Crippen molar-refractivity contribution in [3.05, 3.63) is 182 Å². The van der Waals surface area contributed by atoms with Crippen molar-refractivity contribution in [2.45, 2.75) is 0 Å². The first-order valence-electron chi connectivity index (χ1n) is 17.4. The van der Waals surface area contributed by atoms with Crippen LogP contribution >= 0.6 is 0 Å². The second-order valence-electron chi connectivity index (χ2n) is 13.3. The van der Waals surface area contributed by atoms with Crippen LogP contribution in [0.4, 0.5) is 0 Å². The molecule has 3 aromatic heterocycles. The molecule has 0 spiro atoms. The van der Waals surface area contributed by atoms with E-state index < -0.39 is 0 Å². The third-order valence-electron chi connectivity index (χ3n) is 10.5. The lowest BCUT2D eigenvalue weighted by molar-refractivity contribution is 0.670. The number of rotatable bonds is 4. The van der Waals surface area contributed by atoms with E-state index in [1.807, 2.05) is 12.1 Å². The van der Waals surface area contributed by atoms with Gasteiger partial charge in [-0.2, -0.15) is 0 Å². The predicted molar refractivity (Wildman–Crippen MR) is 213 cm³/mol. The second kappa shape index (κ2) is 10.8. The molecule has 0 aliphatic heterocycles. The standard InChI is InChI=1S/C48H30N2O/c1-5-19-43-37(13-1)38-14-2-6-20-44(38)49(43)35-27-28-40-39-15-3-7-21-45(39)50(46(40)30-35)34-12-9-11-33(29-34)31-23-25-32(26-24-31)36-17-10-18-42-41-16-4-8-22-47(41)51-48(36)42/h1-30H. The molecule has 0 atom stereocenters. The molecule has 3 heteroatoms. The van der Waals surface area contributed by atoms with E-state index in [-0.39, 0.29) is 0 Å². The number of nitrogens with zero attached hydrogens (tertiary/aromatic N) is 2. The summed E-state index contributed by atoms with van der Waals surface area (Å²) in [6.07, 6.45) is 0. The lowest BCUT2D eigenvalue weighted by Crippen LogP contribution is -1.97. The zero-order valence-corrected chi connectivity index (χ0v) is 27.6. The van der Waals surface area contributed by atoms with Crippen molar-refractivity contribution < 1.29 is 4.42 Å². The maximum Gasteiger partial charge on any atom is 0.143 e. The lowest BCUT2D eigenvalue weighted by Gasteiger charge is -2.13. The zero-order chi connectivity index (χ0) is 33.5. The van der Waals surface area contributed by atoms with Gasteiger partial charge in [0.1, 0.15) is 11.2 Å². The van der Waals surface area contributed by atoms with Crippen LogP contribution in [0.5, 0.6) is 0 Å². The van der Waals surface area contributed by atoms with Crippen molar-refractivity contribution >= 4 is 65.6 Å². The molecule has 11 rings (SSSR count). The van der Waals surface area contributed by atoms with E-state index in [4.69, 9.17) is 4.42 Å². The topological polar surface area (TPSA) is 23.0 Å². The molecule has 8 aromatic carbocycles. The summed E-state index contributed by atoms with van der Waals surface area (Å²) in [7, 11) is 0. The number of hydrogen-bond acceptors (Lipinski definition) is 1. The molecule has 3 heterocycles. The smallest absolute Gasteiger partial charge is 0.143 e. The average molecular weight is 651 g/mol. The monoisotopic (exact) mass is 650 g/mol. The molecule has 51 heavy (non-hydrogen) atoms. The summed E-state index contributed by atoms with van der Waals surface area (Å²) in [6, 6.07) is 65.5. The van der Waals surface area contributed by atoms with Gasteiger partial charge in [0.15, 0.2) is 0 Å². The summed E-state index contributed by atoms with van der Waals surface area (Å²) in [5.41, 5.74) is 13.5. The lowest BCUT2D eigenvalue weighted by atomic mass is 9.98. The summed E-state index contributed by atoms with van der Waals surface area (Å²) in [5.74, 6) is 0. The van der Waals surface area contributed by atoms with Crippen molar-refractivity contribution in [2.24, 2.45) is 0 Å². The van der Waals surface area contributed by atoms with Crippen LogP contribution in [0.1, 0.15) is 0 Å². The minimum atomic E-state index is 0.917. The van der Waals surface area contributed by atoms with E-state index in [1.54, 1.807) is 0 Å². The molecule has 0 unspecified atom stereocenters. The van der Waals surface area contributed by atoms with Crippen molar-refractivity contribution in [2.75, 3.05) is 0 Å². The maximum absolute atomic E-state index is 6.35. The highest BCUT2D eigenvalue weighted by molar-refractivity contribution is 6.12. The van der Waals surface area contributed by atoms with Gasteiger partial charge in [-0.15, -0.1) is 0 Å². The van der Waals surface area contributed by atoms with Gasteiger partial charge < -0.3 is 13.6 Å². The third kappa shape index (κ3) is 4.19. The fraction of sp³-hybridized carbons (Fsp3) is 0. The van der Waals surface area contributed by atoms with Crippen LogP contribution in [0, 0.1) is 0 Å². The van der Waals surface area contributed by atoms with E-state index in [0.717, 1.165) is 44.4 Å².